The minimum absolute atomic E-state index is 0.00390. The molecule has 26 heavy (non-hydrogen) atoms. The minimum atomic E-state index is -0.407. The van der Waals surface area contributed by atoms with Gasteiger partial charge in [0.15, 0.2) is 5.11 Å². The third kappa shape index (κ3) is 8.06. The Balaban J connectivity index is 2.52. The smallest absolute Gasteiger partial charge is 0.306 e. The van der Waals surface area contributed by atoms with Gasteiger partial charge >= 0.3 is 5.97 Å². The highest BCUT2D eigenvalue weighted by Gasteiger charge is 2.10. The third-order valence-corrected chi connectivity index (χ3v) is 3.57. The number of benzene rings is 1. The molecule has 0 spiro atoms. The van der Waals surface area contributed by atoms with E-state index in [0.29, 0.717) is 24.4 Å². The number of ether oxygens (including phenoxy) is 1. The Labute approximate surface area is 158 Å². The lowest BCUT2D eigenvalue weighted by molar-refractivity contribution is -0.144. The van der Waals surface area contributed by atoms with Crippen LogP contribution in [0.4, 0.5) is 11.4 Å². The lowest BCUT2D eigenvalue weighted by atomic mass is 10.1. The van der Waals surface area contributed by atoms with Crippen LogP contribution in [0.2, 0.25) is 0 Å². The first-order valence-corrected chi connectivity index (χ1v) is 8.93. The highest BCUT2D eigenvalue weighted by molar-refractivity contribution is 7.80. The molecule has 2 amide bonds. The monoisotopic (exact) mass is 379 g/mol. The zero-order valence-electron chi connectivity index (χ0n) is 15.3. The number of aryl methyl sites for hydroxylation is 1. The number of amides is 2. The molecule has 1 rings (SSSR count). The van der Waals surface area contributed by atoms with Crippen molar-refractivity contribution < 1.29 is 19.1 Å². The first kappa shape index (κ1) is 21.6. The maximum absolute atomic E-state index is 11.8. The molecule has 0 aliphatic heterocycles. The van der Waals surface area contributed by atoms with Crippen molar-refractivity contribution in [2.75, 3.05) is 17.2 Å². The van der Waals surface area contributed by atoms with E-state index in [1.165, 1.54) is 0 Å². The molecule has 7 nitrogen and oxygen atoms in total. The SMILES string of the molecule is CCCOC(=O)CCC(=O)NC(=S)Nc1ccc(C)c(NC(=O)CC)c1. The zero-order chi connectivity index (χ0) is 19.5. The molecule has 0 aliphatic rings. The van der Waals surface area contributed by atoms with E-state index in [4.69, 9.17) is 17.0 Å². The minimum Gasteiger partial charge on any atom is -0.466 e. The molecule has 142 valence electrons. The number of rotatable bonds is 8. The van der Waals surface area contributed by atoms with E-state index in [-0.39, 0.29) is 29.8 Å². The summed E-state index contributed by atoms with van der Waals surface area (Å²) in [7, 11) is 0. The summed E-state index contributed by atoms with van der Waals surface area (Å²) in [4.78, 5) is 34.8. The van der Waals surface area contributed by atoms with Gasteiger partial charge in [-0.25, -0.2) is 0 Å². The summed E-state index contributed by atoms with van der Waals surface area (Å²) >= 11 is 5.10. The van der Waals surface area contributed by atoms with Gasteiger partial charge in [0.05, 0.1) is 13.0 Å². The van der Waals surface area contributed by atoms with E-state index < -0.39 is 5.97 Å². The van der Waals surface area contributed by atoms with Gasteiger partial charge in [-0.3, -0.25) is 14.4 Å². The van der Waals surface area contributed by atoms with Crippen molar-refractivity contribution >= 4 is 46.5 Å². The molecule has 0 fully saturated rings. The molecular formula is C18H25N3O4S. The molecule has 0 aromatic heterocycles. The second-order valence-electron chi connectivity index (χ2n) is 5.65. The number of nitrogens with one attached hydrogen (secondary N) is 3. The Bertz CT molecular complexity index is 676. The highest BCUT2D eigenvalue weighted by Crippen LogP contribution is 2.20. The largest absolute Gasteiger partial charge is 0.466 e. The van der Waals surface area contributed by atoms with Gasteiger partial charge in [0, 0.05) is 24.2 Å². The molecule has 0 radical (unpaired) electrons. The van der Waals surface area contributed by atoms with Crippen molar-refractivity contribution in [1.82, 2.24) is 5.32 Å². The summed E-state index contributed by atoms with van der Waals surface area (Å²) in [5.41, 5.74) is 2.22. The van der Waals surface area contributed by atoms with Crippen LogP contribution in [0, 0.1) is 6.92 Å². The Morgan fingerprint density at radius 3 is 2.46 bits per heavy atom. The zero-order valence-corrected chi connectivity index (χ0v) is 16.1. The van der Waals surface area contributed by atoms with Crippen molar-refractivity contribution in [3.8, 4) is 0 Å². The van der Waals surface area contributed by atoms with E-state index in [1.54, 1.807) is 19.1 Å². The van der Waals surface area contributed by atoms with Crippen LogP contribution in [0.3, 0.4) is 0 Å². The van der Waals surface area contributed by atoms with Crippen LogP contribution in [0.25, 0.3) is 0 Å². The molecule has 1 aromatic carbocycles. The van der Waals surface area contributed by atoms with Crippen molar-refractivity contribution in [3.05, 3.63) is 23.8 Å². The standard InChI is InChI=1S/C18H25N3O4S/c1-4-10-25-17(24)9-8-16(23)21-18(26)19-13-7-6-12(3)14(11-13)20-15(22)5-2/h6-7,11H,4-5,8-10H2,1-3H3,(H,20,22)(H2,19,21,23,26). The average Bonchev–Trinajstić information content (AvgIpc) is 2.60. The fourth-order valence-corrected chi connectivity index (χ4v) is 2.16. The maximum Gasteiger partial charge on any atom is 0.306 e. The number of hydrogen-bond donors (Lipinski definition) is 3. The van der Waals surface area contributed by atoms with Gasteiger partial charge < -0.3 is 20.7 Å². The Morgan fingerprint density at radius 1 is 1.08 bits per heavy atom. The highest BCUT2D eigenvalue weighted by atomic mass is 32.1. The quantitative estimate of drug-likeness (QED) is 0.475. The second-order valence-corrected chi connectivity index (χ2v) is 6.06. The number of hydrogen-bond acceptors (Lipinski definition) is 5. The van der Waals surface area contributed by atoms with Gasteiger partial charge in [-0.15, -0.1) is 0 Å². The van der Waals surface area contributed by atoms with E-state index in [9.17, 15) is 14.4 Å². The third-order valence-electron chi connectivity index (χ3n) is 3.37. The summed E-state index contributed by atoms with van der Waals surface area (Å²) in [6.45, 7) is 5.90. The summed E-state index contributed by atoms with van der Waals surface area (Å²) in [5.74, 6) is -0.866. The molecule has 0 atom stereocenters. The Hall–Kier alpha value is -2.48. The van der Waals surface area contributed by atoms with Crippen molar-refractivity contribution in [2.24, 2.45) is 0 Å². The van der Waals surface area contributed by atoms with E-state index in [2.05, 4.69) is 16.0 Å². The van der Waals surface area contributed by atoms with E-state index >= 15 is 0 Å². The van der Waals surface area contributed by atoms with Crippen molar-refractivity contribution in [1.29, 1.82) is 0 Å². The van der Waals surface area contributed by atoms with Crippen LogP contribution in [0.15, 0.2) is 18.2 Å². The number of esters is 1. The Morgan fingerprint density at radius 2 is 1.81 bits per heavy atom. The molecule has 0 saturated heterocycles. The second kappa shape index (κ2) is 11.2. The Kier molecular flexibility index (Phi) is 9.29. The van der Waals surface area contributed by atoms with E-state index in [0.717, 1.165) is 12.0 Å². The van der Waals surface area contributed by atoms with Gasteiger partial charge in [0.1, 0.15) is 0 Å². The molecule has 3 N–H and O–H groups in total. The predicted octanol–water partition coefficient (Wildman–Crippen LogP) is 2.89. The maximum atomic E-state index is 11.8. The van der Waals surface area contributed by atoms with Gasteiger partial charge in [0.25, 0.3) is 0 Å². The molecule has 0 aliphatic carbocycles. The van der Waals surface area contributed by atoms with Crippen LogP contribution in [0.1, 0.15) is 45.1 Å². The summed E-state index contributed by atoms with van der Waals surface area (Å²) < 4.78 is 4.91. The molecule has 0 saturated carbocycles. The lowest BCUT2D eigenvalue weighted by Gasteiger charge is -2.13. The van der Waals surface area contributed by atoms with E-state index in [1.807, 2.05) is 19.9 Å². The summed E-state index contributed by atoms with van der Waals surface area (Å²) in [5, 5.41) is 8.32. The lowest BCUT2D eigenvalue weighted by Crippen LogP contribution is -2.34. The number of carbonyl (C=O) groups excluding carboxylic acids is 3. The molecule has 0 unspecified atom stereocenters. The number of carbonyl (C=O) groups is 3. The topological polar surface area (TPSA) is 96.5 Å². The summed E-state index contributed by atoms with van der Waals surface area (Å²) in [6, 6.07) is 5.36. The van der Waals surface area contributed by atoms with Gasteiger partial charge in [-0.1, -0.05) is 19.9 Å². The first-order valence-electron chi connectivity index (χ1n) is 8.52. The van der Waals surface area contributed by atoms with Crippen LogP contribution < -0.4 is 16.0 Å². The van der Waals surface area contributed by atoms with Gasteiger partial charge in [0.2, 0.25) is 11.8 Å². The van der Waals surface area contributed by atoms with Gasteiger partial charge in [-0.05, 0) is 43.3 Å². The first-order chi connectivity index (χ1) is 12.3. The van der Waals surface area contributed by atoms with Crippen LogP contribution in [0.5, 0.6) is 0 Å². The fourth-order valence-electron chi connectivity index (χ4n) is 1.93. The fraction of sp³-hybridized carbons (Fsp3) is 0.444. The normalized spacial score (nSPS) is 9.96. The van der Waals surface area contributed by atoms with Gasteiger partial charge in [-0.2, -0.15) is 0 Å². The average molecular weight is 379 g/mol. The summed E-state index contributed by atoms with van der Waals surface area (Å²) in [6.07, 6.45) is 1.12. The molecule has 0 bridgehead atoms. The van der Waals surface area contributed by atoms with Crippen LogP contribution in [-0.4, -0.2) is 29.5 Å². The molecule has 0 heterocycles. The van der Waals surface area contributed by atoms with Crippen molar-refractivity contribution in [3.63, 3.8) is 0 Å². The predicted molar refractivity (Wildman–Crippen MR) is 105 cm³/mol. The number of thiocarbonyl (C=S) groups is 1. The molecule has 1 aromatic rings. The molecule has 8 heteroatoms. The van der Waals surface area contributed by atoms with Crippen LogP contribution in [-0.2, 0) is 19.1 Å². The van der Waals surface area contributed by atoms with Crippen LogP contribution >= 0.6 is 12.2 Å². The van der Waals surface area contributed by atoms with Crippen molar-refractivity contribution in [2.45, 2.75) is 46.5 Å². The molecular weight excluding hydrogens is 354 g/mol. The number of anilines is 2.